The summed E-state index contributed by atoms with van der Waals surface area (Å²) in [7, 11) is 0. The molecule has 1 amide bonds. The Bertz CT molecular complexity index is 410. The average Bonchev–Trinajstić information content (AvgIpc) is 2.86. The number of carbonyl (C=O) groups excluding carboxylic acids is 1. The molecule has 0 aromatic carbocycles. The van der Waals surface area contributed by atoms with Crippen LogP contribution < -0.4 is 0 Å². The summed E-state index contributed by atoms with van der Waals surface area (Å²) < 4.78 is 7.41. The molecule has 0 spiro atoms. The van der Waals surface area contributed by atoms with E-state index in [0.29, 0.717) is 13.2 Å². The first-order valence-electron chi connectivity index (χ1n) is 6.21. The molecule has 1 aromatic heterocycles. The summed E-state index contributed by atoms with van der Waals surface area (Å²) in [6, 6.07) is 0. The number of hydrogen-bond acceptors (Lipinski definition) is 3. The summed E-state index contributed by atoms with van der Waals surface area (Å²) >= 11 is 0. The topological polar surface area (TPSA) is 47.4 Å². The van der Waals surface area contributed by atoms with Gasteiger partial charge < -0.3 is 14.2 Å². The number of imidazole rings is 1. The monoisotopic (exact) mass is 235 g/mol. The molecule has 0 N–H and O–H groups in total. The van der Waals surface area contributed by atoms with Crippen LogP contribution in [0.3, 0.4) is 0 Å². The molecule has 17 heavy (non-hydrogen) atoms. The normalized spacial score (nSPS) is 24.5. The van der Waals surface area contributed by atoms with Crippen LogP contribution in [0.25, 0.3) is 0 Å². The van der Waals surface area contributed by atoms with Gasteiger partial charge in [0.15, 0.2) is 0 Å². The van der Waals surface area contributed by atoms with Gasteiger partial charge in [-0.15, -0.1) is 0 Å². The van der Waals surface area contributed by atoms with Crippen LogP contribution >= 0.6 is 0 Å². The predicted octanol–water partition coefficient (Wildman–Crippen LogP) is 0.304. The second kappa shape index (κ2) is 4.49. The Morgan fingerprint density at radius 1 is 1.35 bits per heavy atom. The molecule has 1 atom stereocenters. The lowest BCUT2D eigenvalue weighted by Gasteiger charge is -2.32. The van der Waals surface area contributed by atoms with E-state index < -0.39 is 0 Å². The van der Waals surface area contributed by atoms with Crippen LogP contribution in [0.1, 0.15) is 12.2 Å². The van der Waals surface area contributed by atoms with E-state index in [9.17, 15) is 4.79 Å². The average molecular weight is 235 g/mol. The highest BCUT2D eigenvalue weighted by Crippen LogP contribution is 2.21. The molecule has 3 rings (SSSR count). The van der Waals surface area contributed by atoms with Crippen LogP contribution in [-0.2, 0) is 22.5 Å². The van der Waals surface area contributed by atoms with E-state index in [0.717, 1.165) is 38.3 Å². The Morgan fingerprint density at radius 2 is 2.18 bits per heavy atom. The molecule has 3 heterocycles. The van der Waals surface area contributed by atoms with Crippen molar-refractivity contribution >= 4 is 5.91 Å². The van der Waals surface area contributed by atoms with E-state index in [2.05, 4.69) is 9.55 Å². The molecule has 1 saturated heterocycles. The molecular weight excluding hydrogens is 218 g/mol. The van der Waals surface area contributed by atoms with Gasteiger partial charge in [-0.2, -0.15) is 0 Å². The molecule has 1 fully saturated rings. The highest BCUT2D eigenvalue weighted by Gasteiger charge is 2.29. The van der Waals surface area contributed by atoms with Crippen molar-refractivity contribution in [1.29, 1.82) is 0 Å². The number of fused-ring (bicyclic) bond motifs is 1. The molecule has 92 valence electrons. The van der Waals surface area contributed by atoms with Gasteiger partial charge in [-0.1, -0.05) is 0 Å². The van der Waals surface area contributed by atoms with E-state index >= 15 is 0 Å². The van der Waals surface area contributed by atoms with Crippen LogP contribution in [0.5, 0.6) is 0 Å². The first-order valence-corrected chi connectivity index (χ1v) is 6.21. The summed E-state index contributed by atoms with van der Waals surface area (Å²) in [4.78, 5) is 18.6. The largest absolute Gasteiger partial charge is 0.378 e. The second-order valence-corrected chi connectivity index (χ2v) is 4.66. The van der Waals surface area contributed by atoms with Gasteiger partial charge in [0.05, 0.1) is 13.2 Å². The van der Waals surface area contributed by atoms with Crippen molar-refractivity contribution in [3.8, 4) is 0 Å². The number of nitrogens with zero attached hydrogens (tertiary/aromatic N) is 3. The SMILES string of the molecule is O=C(C1CCn2ccnc2C1)N1CCOCC1. The van der Waals surface area contributed by atoms with Crippen molar-refractivity contribution in [3.05, 3.63) is 18.2 Å². The smallest absolute Gasteiger partial charge is 0.226 e. The molecule has 0 aliphatic carbocycles. The number of morpholine rings is 1. The Kier molecular flexibility index (Phi) is 2.84. The van der Waals surface area contributed by atoms with Crippen LogP contribution in [0.4, 0.5) is 0 Å². The molecule has 1 unspecified atom stereocenters. The number of amides is 1. The fraction of sp³-hybridized carbons (Fsp3) is 0.667. The Balaban J connectivity index is 1.67. The molecule has 1 aromatic rings. The molecule has 0 saturated carbocycles. The second-order valence-electron chi connectivity index (χ2n) is 4.66. The maximum absolute atomic E-state index is 12.3. The first kappa shape index (κ1) is 10.8. The third-order valence-electron chi connectivity index (χ3n) is 3.62. The van der Waals surface area contributed by atoms with Crippen molar-refractivity contribution in [2.75, 3.05) is 26.3 Å². The fourth-order valence-corrected chi connectivity index (χ4v) is 2.60. The standard InChI is InChI=1S/C12H17N3O2/c16-12(15-5-7-17-8-6-15)10-1-3-14-4-2-13-11(14)9-10/h2,4,10H,1,3,5-9H2. The van der Waals surface area contributed by atoms with Crippen molar-refractivity contribution in [3.63, 3.8) is 0 Å². The van der Waals surface area contributed by atoms with Gasteiger partial charge in [0.1, 0.15) is 5.82 Å². The van der Waals surface area contributed by atoms with E-state index in [4.69, 9.17) is 4.74 Å². The van der Waals surface area contributed by atoms with Gasteiger partial charge >= 0.3 is 0 Å². The number of ether oxygens (including phenoxy) is 1. The highest BCUT2D eigenvalue weighted by molar-refractivity contribution is 5.79. The molecule has 5 heteroatoms. The minimum absolute atomic E-state index is 0.114. The van der Waals surface area contributed by atoms with Gasteiger partial charge in [-0.25, -0.2) is 4.98 Å². The number of carbonyl (C=O) groups is 1. The van der Waals surface area contributed by atoms with Gasteiger partial charge in [-0.3, -0.25) is 4.79 Å². The zero-order chi connectivity index (χ0) is 11.7. The minimum atomic E-state index is 0.114. The van der Waals surface area contributed by atoms with Crippen molar-refractivity contribution < 1.29 is 9.53 Å². The molecule has 2 aliphatic rings. The Morgan fingerprint density at radius 3 is 3.00 bits per heavy atom. The van der Waals surface area contributed by atoms with Crippen LogP contribution in [0.15, 0.2) is 12.4 Å². The summed E-state index contributed by atoms with van der Waals surface area (Å²) in [5, 5.41) is 0. The van der Waals surface area contributed by atoms with Crippen LogP contribution in [-0.4, -0.2) is 46.7 Å². The van der Waals surface area contributed by atoms with Crippen molar-refractivity contribution in [1.82, 2.24) is 14.5 Å². The van der Waals surface area contributed by atoms with Crippen LogP contribution in [0.2, 0.25) is 0 Å². The van der Waals surface area contributed by atoms with E-state index in [-0.39, 0.29) is 11.8 Å². The van der Waals surface area contributed by atoms with Gasteiger partial charge in [-0.05, 0) is 6.42 Å². The molecule has 0 radical (unpaired) electrons. The maximum atomic E-state index is 12.3. The Labute approximate surface area is 100 Å². The number of aromatic nitrogens is 2. The van der Waals surface area contributed by atoms with Crippen LogP contribution in [0, 0.1) is 5.92 Å². The lowest BCUT2D eigenvalue weighted by Crippen LogP contribution is -2.45. The molecular formula is C12H17N3O2. The highest BCUT2D eigenvalue weighted by atomic mass is 16.5. The summed E-state index contributed by atoms with van der Waals surface area (Å²) in [6.07, 6.45) is 5.52. The first-order chi connectivity index (χ1) is 8.34. The summed E-state index contributed by atoms with van der Waals surface area (Å²) in [5.41, 5.74) is 0. The van der Waals surface area contributed by atoms with E-state index in [1.165, 1.54) is 0 Å². The van der Waals surface area contributed by atoms with E-state index in [1.54, 1.807) is 0 Å². The van der Waals surface area contributed by atoms with Gasteiger partial charge in [0, 0.05) is 44.4 Å². The lowest BCUT2D eigenvalue weighted by molar-refractivity contribution is -0.140. The lowest BCUT2D eigenvalue weighted by atomic mass is 9.96. The summed E-state index contributed by atoms with van der Waals surface area (Å²) in [5.74, 6) is 1.44. The zero-order valence-corrected chi connectivity index (χ0v) is 9.84. The Hall–Kier alpha value is -1.36. The fourth-order valence-electron chi connectivity index (χ4n) is 2.60. The number of rotatable bonds is 1. The van der Waals surface area contributed by atoms with E-state index in [1.807, 2.05) is 17.3 Å². The van der Waals surface area contributed by atoms with Gasteiger partial charge in [0.2, 0.25) is 5.91 Å². The summed E-state index contributed by atoms with van der Waals surface area (Å²) in [6.45, 7) is 3.74. The predicted molar refractivity (Wildman–Crippen MR) is 61.4 cm³/mol. The molecule has 0 bridgehead atoms. The number of hydrogen-bond donors (Lipinski definition) is 0. The zero-order valence-electron chi connectivity index (χ0n) is 9.84. The third-order valence-corrected chi connectivity index (χ3v) is 3.62. The quantitative estimate of drug-likeness (QED) is 0.703. The molecule has 2 aliphatic heterocycles. The van der Waals surface area contributed by atoms with Gasteiger partial charge in [0.25, 0.3) is 0 Å². The number of aryl methyl sites for hydroxylation is 1. The third kappa shape index (κ3) is 2.07. The van der Waals surface area contributed by atoms with Crippen molar-refractivity contribution in [2.45, 2.75) is 19.4 Å². The van der Waals surface area contributed by atoms with Crippen molar-refractivity contribution in [2.24, 2.45) is 5.92 Å². The maximum Gasteiger partial charge on any atom is 0.226 e. The minimum Gasteiger partial charge on any atom is -0.378 e. The molecule has 5 nitrogen and oxygen atoms in total.